The summed E-state index contributed by atoms with van der Waals surface area (Å²) in [6.07, 6.45) is 1.37. The van der Waals surface area contributed by atoms with Crippen molar-refractivity contribution >= 4 is 16.9 Å². The summed E-state index contributed by atoms with van der Waals surface area (Å²) < 4.78 is 27.4. The summed E-state index contributed by atoms with van der Waals surface area (Å²) in [5, 5.41) is 0. The van der Waals surface area contributed by atoms with Crippen LogP contribution in [0.15, 0.2) is 94.1 Å². The van der Waals surface area contributed by atoms with Crippen molar-refractivity contribution < 1.29 is 18.3 Å². The molecule has 43 heavy (non-hydrogen) atoms. The lowest BCUT2D eigenvalue weighted by molar-refractivity contribution is 0.0658. The molecule has 1 aliphatic heterocycles. The quantitative estimate of drug-likeness (QED) is 0.214. The van der Waals surface area contributed by atoms with Crippen molar-refractivity contribution in [1.82, 2.24) is 19.4 Å². The first-order valence-corrected chi connectivity index (χ1v) is 14.7. The van der Waals surface area contributed by atoms with Gasteiger partial charge in [0, 0.05) is 32.2 Å². The highest BCUT2D eigenvalue weighted by molar-refractivity contribution is 5.91. The van der Waals surface area contributed by atoms with Crippen LogP contribution in [0.25, 0.3) is 11.0 Å². The number of aromatic nitrogens is 2. The molecule has 3 heterocycles. The molecule has 0 aliphatic carbocycles. The molecule has 1 aliphatic rings. The maximum Gasteiger partial charge on any atom is 0.326 e. The summed E-state index contributed by atoms with van der Waals surface area (Å²) in [6, 6.07) is 25.8. The van der Waals surface area contributed by atoms with Crippen LogP contribution in [0.5, 0.6) is 5.75 Å². The fourth-order valence-electron chi connectivity index (χ4n) is 5.90. The molecule has 222 valence electrons. The molecule has 0 spiro atoms. The maximum absolute atomic E-state index is 13.9. The number of H-pyrrole nitrogens is 1. The van der Waals surface area contributed by atoms with Crippen molar-refractivity contribution in [3.05, 3.63) is 124 Å². The van der Waals surface area contributed by atoms with Gasteiger partial charge in [0.1, 0.15) is 17.3 Å². The van der Waals surface area contributed by atoms with Crippen LogP contribution in [0.3, 0.4) is 0 Å². The summed E-state index contributed by atoms with van der Waals surface area (Å²) in [5.74, 6) is 1.34. The molecule has 0 saturated carbocycles. The number of aromatic amines is 1. The van der Waals surface area contributed by atoms with Gasteiger partial charge in [-0.25, -0.2) is 9.18 Å². The van der Waals surface area contributed by atoms with Crippen LogP contribution < -0.4 is 10.4 Å². The van der Waals surface area contributed by atoms with Crippen LogP contribution in [0.4, 0.5) is 4.39 Å². The Morgan fingerprint density at radius 2 is 1.72 bits per heavy atom. The van der Waals surface area contributed by atoms with E-state index in [0.29, 0.717) is 63.7 Å². The lowest BCUT2D eigenvalue weighted by Crippen LogP contribution is -2.40. The third-order valence-electron chi connectivity index (χ3n) is 7.93. The van der Waals surface area contributed by atoms with E-state index in [1.54, 1.807) is 17.0 Å². The van der Waals surface area contributed by atoms with Crippen molar-refractivity contribution in [2.75, 3.05) is 19.7 Å². The van der Waals surface area contributed by atoms with E-state index >= 15 is 0 Å². The first kappa shape index (κ1) is 28.5. The van der Waals surface area contributed by atoms with Gasteiger partial charge in [0.2, 0.25) is 0 Å². The second kappa shape index (κ2) is 12.7. The van der Waals surface area contributed by atoms with Crippen molar-refractivity contribution in [2.24, 2.45) is 0 Å². The lowest BCUT2D eigenvalue weighted by atomic mass is 10.0. The number of hydrogen-bond donors (Lipinski definition) is 1. The van der Waals surface area contributed by atoms with Gasteiger partial charge in [0.15, 0.2) is 5.76 Å². The Labute approximate surface area is 249 Å². The first-order valence-electron chi connectivity index (χ1n) is 14.7. The molecule has 1 fully saturated rings. The summed E-state index contributed by atoms with van der Waals surface area (Å²) in [7, 11) is 0. The van der Waals surface area contributed by atoms with Crippen molar-refractivity contribution in [3.63, 3.8) is 0 Å². The minimum atomic E-state index is -0.275. The summed E-state index contributed by atoms with van der Waals surface area (Å²) in [6.45, 7) is 5.19. The van der Waals surface area contributed by atoms with Crippen LogP contribution in [0, 0.1) is 5.82 Å². The van der Waals surface area contributed by atoms with E-state index in [4.69, 9.17) is 9.15 Å². The van der Waals surface area contributed by atoms with E-state index in [-0.39, 0.29) is 23.5 Å². The van der Waals surface area contributed by atoms with Crippen molar-refractivity contribution in [3.8, 4) is 5.75 Å². The molecule has 0 radical (unpaired) electrons. The van der Waals surface area contributed by atoms with Crippen LogP contribution in [-0.4, -0.2) is 45.0 Å². The van der Waals surface area contributed by atoms with Gasteiger partial charge in [-0.3, -0.25) is 14.3 Å². The van der Waals surface area contributed by atoms with E-state index in [2.05, 4.69) is 9.88 Å². The van der Waals surface area contributed by atoms with Gasteiger partial charge in [-0.05, 0) is 79.4 Å². The number of para-hydroxylation sites is 2. The monoisotopic (exact) mass is 582 g/mol. The molecule has 5 aromatic rings. The fourth-order valence-corrected chi connectivity index (χ4v) is 5.90. The smallest absolute Gasteiger partial charge is 0.326 e. The Balaban J connectivity index is 1.12. The van der Waals surface area contributed by atoms with Gasteiger partial charge in [-0.1, -0.05) is 36.4 Å². The molecule has 6 rings (SSSR count). The molecule has 2 aromatic heterocycles. The second-order valence-corrected chi connectivity index (χ2v) is 11.0. The Morgan fingerprint density at radius 3 is 2.49 bits per heavy atom. The third kappa shape index (κ3) is 6.57. The molecule has 0 bridgehead atoms. The average molecular weight is 583 g/mol. The molecule has 1 N–H and O–H groups in total. The third-order valence-corrected chi connectivity index (χ3v) is 7.93. The molecule has 1 saturated heterocycles. The zero-order valence-electron chi connectivity index (χ0n) is 24.2. The normalized spacial score (nSPS) is 14.1. The highest BCUT2D eigenvalue weighted by Gasteiger charge is 2.28. The number of furan rings is 1. The summed E-state index contributed by atoms with van der Waals surface area (Å²) in [4.78, 5) is 32.9. The maximum atomic E-state index is 13.9. The predicted molar refractivity (Wildman–Crippen MR) is 162 cm³/mol. The van der Waals surface area contributed by atoms with Crippen molar-refractivity contribution in [1.29, 1.82) is 0 Å². The lowest BCUT2D eigenvalue weighted by Gasteiger charge is -2.32. The second-order valence-electron chi connectivity index (χ2n) is 11.0. The summed E-state index contributed by atoms with van der Waals surface area (Å²) >= 11 is 0. The van der Waals surface area contributed by atoms with Crippen LogP contribution in [0.1, 0.15) is 53.2 Å². The number of fused-ring (bicyclic) bond motifs is 1. The number of halogens is 1. The van der Waals surface area contributed by atoms with E-state index in [1.807, 2.05) is 72.2 Å². The Bertz CT molecular complexity index is 1750. The van der Waals surface area contributed by atoms with Crippen LogP contribution in [0.2, 0.25) is 0 Å². The zero-order chi connectivity index (χ0) is 29.8. The molecular weight excluding hydrogens is 547 g/mol. The molecule has 1 amide bonds. The number of rotatable bonds is 10. The van der Waals surface area contributed by atoms with Crippen LogP contribution in [-0.2, 0) is 19.6 Å². The van der Waals surface area contributed by atoms with Gasteiger partial charge in [-0.2, -0.15) is 0 Å². The minimum absolute atomic E-state index is 0.0267. The van der Waals surface area contributed by atoms with E-state index in [1.165, 1.54) is 12.1 Å². The number of imidazole rings is 1. The van der Waals surface area contributed by atoms with Crippen LogP contribution >= 0.6 is 0 Å². The standard InChI is InChI=1S/C34H35FN4O4/c1-2-42-28-12-10-24(11-13-28)21-37(22-25-6-5-7-26(35)20-25)23-29-14-15-32(43-29)33(40)38-18-16-27(17-19-38)39-31-9-4-3-8-30(31)36-34(39)41/h3-15,20,27H,2,16-19,21-23H2,1H3,(H,36,41). The molecule has 3 aromatic carbocycles. The van der Waals surface area contributed by atoms with E-state index in [0.717, 1.165) is 27.9 Å². The SMILES string of the molecule is CCOc1ccc(CN(Cc2cccc(F)c2)Cc2ccc(C(=O)N3CCC(n4c(=O)[nH]c5ccccc54)CC3)o2)cc1. The minimum Gasteiger partial charge on any atom is -0.494 e. The molecule has 0 atom stereocenters. The molecule has 0 unspecified atom stereocenters. The Hall–Kier alpha value is -4.63. The molecule has 9 heteroatoms. The highest BCUT2D eigenvalue weighted by atomic mass is 19.1. The molecule has 8 nitrogen and oxygen atoms in total. The molecular formula is C34H35FN4O4. The van der Waals surface area contributed by atoms with Crippen molar-refractivity contribution in [2.45, 2.75) is 45.4 Å². The highest BCUT2D eigenvalue weighted by Crippen LogP contribution is 2.26. The first-order chi connectivity index (χ1) is 21.0. The largest absolute Gasteiger partial charge is 0.494 e. The predicted octanol–water partition coefficient (Wildman–Crippen LogP) is 6.14. The number of piperidine rings is 1. The fraction of sp³-hybridized carbons (Fsp3) is 0.294. The van der Waals surface area contributed by atoms with Gasteiger partial charge in [-0.15, -0.1) is 0 Å². The number of nitrogens with zero attached hydrogens (tertiary/aromatic N) is 3. The Morgan fingerprint density at radius 1 is 0.953 bits per heavy atom. The number of likely N-dealkylation sites (tertiary alicyclic amines) is 1. The van der Waals surface area contributed by atoms with Gasteiger partial charge < -0.3 is 19.0 Å². The number of carbonyl (C=O) groups is 1. The number of ether oxygens (including phenoxy) is 1. The van der Waals surface area contributed by atoms with E-state index in [9.17, 15) is 14.0 Å². The number of amides is 1. The Kier molecular flexibility index (Phi) is 8.42. The summed E-state index contributed by atoms with van der Waals surface area (Å²) in [5.41, 5.74) is 3.53. The number of hydrogen-bond acceptors (Lipinski definition) is 5. The number of nitrogens with one attached hydrogen (secondary N) is 1. The van der Waals surface area contributed by atoms with Gasteiger partial charge in [0.05, 0.1) is 24.2 Å². The number of carbonyl (C=O) groups excluding carboxylic acids is 1. The average Bonchev–Trinajstić information content (AvgIpc) is 3.61. The topological polar surface area (TPSA) is 83.7 Å². The number of benzene rings is 3. The van der Waals surface area contributed by atoms with E-state index < -0.39 is 0 Å². The zero-order valence-corrected chi connectivity index (χ0v) is 24.2. The van der Waals surface area contributed by atoms with Gasteiger partial charge in [0.25, 0.3) is 5.91 Å². The van der Waals surface area contributed by atoms with Gasteiger partial charge >= 0.3 is 5.69 Å².